The lowest BCUT2D eigenvalue weighted by atomic mass is 9.88. The Hall–Kier alpha value is -2.05. The quantitative estimate of drug-likeness (QED) is 0.682. The highest BCUT2D eigenvalue weighted by Crippen LogP contribution is 2.37. The Morgan fingerprint density at radius 3 is 2.48 bits per heavy atom. The van der Waals surface area contributed by atoms with Crippen molar-refractivity contribution in [1.82, 2.24) is 10.2 Å². The molecule has 1 N–H and O–H groups in total. The van der Waals surface area contributed by atoms with Gasteiger partial charge in [0.05, 0.1) is 22.2 Å². The first-order valence-electron chi connectivity index (χ1n) is 9.63. The van der Waals surface area contributed by atoms with Gasteiger partial charge < -0.3 is 5.32 Å². The van der Waals surface area contributed by atoms with E-state index in [0.29, 0.717) is 6.04 Å². The standard InChI is InChI=1S/C22H24ClF3N2O/c1-14-8-6-13-18(28(14)2)20(15-9-4-3-5-10-15)27-21(29)16-11-7-12-17(19(16)23)22(24,25)26/h3-5,7,9-12,14,18,20H,6,8,13H2,1-2H3,(H,27,29)/t14-,18-,20?/m1/s1. The van der Waals surface area contributed by atoms with E-state index in [9.17, 15) is 18.0 Å². The summed E-state index contributed by atoms with van der Waals surface area (Å²) in [6.07, 6.45) is -1.64. The van der Waals surface area contributed by atoms with E-state index >= 15 is 0 Å². The number of nitrogens with zero attached hydrogens (tertiary/aromatic N) is 1. The van der Waals surface area contributed by atoms with Crippen molar-refractivity contribution in [3.05, 3.63) is 70.2 Å². The number of hydrogen-bond acceptors (Lipinski definition) is 2. The second-order valence-corrected chi connectivity index (χ2v) is 7.92. The Bertz CT molecular complexity index is 857. The third kappa shape index (κ3) is 4.75. The highest BCUT2D eigenvalue weighted by molar-refractivity contribution is 6.34. The van der Waals surface area contributed by atoms with Crippen molar-refractivity contribution in [2.75, 3.05) is 7.05 Å². The lowest BCUT2D eigenvalue weighted by Crippen LogP contribution is -2.50. The lowest BCUT2D eigenvalue weighted by molar-refractivity contribution is -0.137. The highest BCUT2D eigenvalue weighted by Gasteiger charge is 2.36. The van der Waals surface area contributed by atoms with E-state index in [1.54, 1.807) is 0 Å². The second-order valence-electron chi connectivity index (χ2n) is 7.54. The molecular weight excluding hydrogens is 401 g/mol. The fraction of sp³-hybridized carbons (Fsp3) is 0.409. The number of likely N-dealkylation sites (N-methyl/N-ethyl adjacent to an activating group) is 1. The summed E-state index contributed by atoms with van der Waals surface area (Å²) in [5, 5.41) is 2.38. The van der Waals surface area contributed by atoms with Crippen LogP contribution in [0, 0.1) is 0 Å². The predicted molar refractivity (Wildman–Crippen MR) is 108 cm³/mol. The largest absolute Gasteiger partial charge is 0.417 e. The van der Waals surface area contributed by atoms with E-state index in [2.05, 4.69) is 17.1 Å². The molecule has 0 saturated carbocycles. The van der Waals surface area contributed by atoms with Crippen LogP contribution in [0.3, 0.4) is 0 Å². The first-order valence-corrected chi connectivity index (χ1v) is 10.0. The summed E-state index contributed by atoms with van der Waals surface area (Å²) in [4.78, 5) is 15.2. The van der Waals surface area contributed by atoms with E-state index in [1.807, 2.05) is 37.4 Å². The summed E-state index contributed by atoms with van der Waals surface area (Å²) in [5.74, 6) is -0.610. The van der Waals surface area contributed by atoms with Crippen LogP contribution in [0.15, 0.2) is 48.5 Å². The molecule has 2 aromatic carbocycles. The Balaban J connectivity index is 1.94. The Morgan fingerprint density at radius 2 is 1.83 bits per heavy atom. The number of piperidine rings is 1. The van der Waals surface area contributed by atoms with Gasteiger partial charge in [0.1, 0.15) is 0 Å². The molecule has 1 fully saturated rings. The SMILES string of the molecule is C[C@@H]1CCC[C@H](C(NC(=O)c2cccc(C(F)(F)F)c2Cl)c2ccccc2)N1C. The maximum Gasteiger partial charge on any atom is 0.417 e. The minimum Gasteiger partial charge on any atom is -0.344 e. The van der Waals surface area contributed by atoms with Crippen molar-refractivity contribution in [1.29, 1.82) is 0 Å². The van der Waals surface area contributed by atoms with Gasteiger partial charge in [-0.15, -0.1) is 0 Å². The smallest absolute Gasteiger partial charge is 0.344 e. The van der Waals surface area contributed by atoms with Gasteiger partial charge in [-0.2, -0.15) is 13.2 Å². The Labute approximate surface area is 173 Å². The van der Waals surface area contributed by atoms with Crippen LogP contribution in [-0.2, 0) is 6.18 Å². The van der Waals surface area contributed by atoms with Crippen molar-refractivity contribution in [3.8, 4) is 0 Å². The van der Waals surface area contributed by atoms with Gasteiger partial charge in [-0.1, -0.05) is 54.4 Å². The van der Waals surface area contributed by atoms with Gasteiger partial charge in [0.2, 0.25) is 0 Å². The molecule has 1 amide bonds. The first kappa shape index (κ1) is 21.7. The van der Waals surface area contributed by atoms with Crippen LogP contribution in [0.1, 0.15) is 53.7 Å². The van der Waals surface area contributed by atoms with Gasteiger partial charge in [0.15, 0.2) is 0 Å². The molecule has 1 heterocycles. The summed E-state index contributed by atoms with van der Waals surface area (Å²) in [6.45, 7) is 2.14. The zero-order chi connectivity index (χ0) is 21.2. The van der Waals surface area contributed by atoms with E-state index in [0.717, 1.165) is 30.9 Å². The van der Waals surface area contributed by atoms with Crippen molar-refractivity contribution in [2.45, 2.75) is 50.5 Å². The van der Waals surface area contributed by atoms with Crippen molar-refractivity contribution < 1.29 is 18.0 Å². The van der Waals surface area contributed by atoms with Gasteiger partial charge in [-0.3, -0.25) is 9.69 Å². The van der Waals surface area contributed by atoms with Gasteiger partial charge in [0, 0.05) is 12.1 Å². The zero-order valence-corrected chi connectivity index (χ0v) is 17.1. The molecule has 0 spiro atoms. The summed E-state index contributed by atoms with van der Waals surface area (Å²) < 4.78 is 39.5. The van der Waals surface area contributed by atoms with Crippen LogP contribution in [0.5, 0.6) is 0 Å². The number of likely N-dealkylation sites (tertiary alicyclic amines) is 1. The summed E-state index contributed by atoms with van der Waals surface area (Å²) in [7, 11) is 2.02. The van der Waals surface area contributed by atoms with Crippen LogP contribution in [0.2, 0.25) is 5.02 Å². The first-order chi connectivity index (χ1) is 13.7. The van der Waals surface area contributed by atoms with E-state index in [-0.39, 0.29) is 17.6 Å². The Kier molecular flexibility index (Phi) is 6.54. The summed E-state index contributed by atoms with van der Waals surface area (Å²) in [5.41, 5.74) is -0.268. The number of rotatable bonds is 4. The molecule has 0 radical (unpaired) electrons. The van der Waals surface area contributed by atoms with Gasteiger partial charge >= 0.3 is 6.18 Å². The number of amides is 1. The molecule has 3 atom stereocenters. The van der Waals surface area contributed by atoms with Gasteiger partial charge in [0.25, 0.3) is 5.91 Å². The monoisotopic (exact) mass is 424 g/mol. The molecule has 3 nitrogen and oxygen atoms in total. The predicted octanol–water partition coefficient (Wildman–Crippen LogP) is 5.70. The molecule has 0 aliphatic carbocycles. The van der Waals surface area contributed by atoms with Crippen LogP contribution < -0.4 is 5.32 Å². The number of halogens is 4. The van der Waals surface area contributed by atoms with E-state index < -0.39 is 22.7 Å². The summed E-state index contributed by atoms with van der Waals surface area (Å²) >= 11 is 5.96. The average molecular weight is 425 g/mol. The van der Waals surface area contributed by atoms with Crippen LogP contribution in [0.4, 0.5) is 13.2 Å². The minimum atomic E-state index is -4.62. The van der Waals surface area contributed by atoms with Crippen molar-refractivity contribution >= 4 is 17.5 Å². The fourth-order valence-corrected chi connectivity index (χ4v) is 4.28. The van der Waals surface area contributed by atoms with Gasteiger partial charge in [-0.25, -0.2) is 0 Å². The number of carbonyl (C=O) groups excluding carboxylic acids is 1. The van der Waals surface area contributed by atoms with E-state index in [4.69, 9.17) is 11.6 Å². The molecular formula is C22H24ClF3N2O. The highest BCUT2D eigenvalue weighted by atomic mass is 35.5. The number of carbonyl (C=O) groups is 1. The molecule has 29 heavy (non-hydrogen) atoms. The third-order valence-corrected chi connectivity index (χ3v) is 6.13. The Morgan fingerprint density at radius 1 is 1.14 bits per heavy atom. The number of nitrogens with one attached hydrogen (secondary N) is 1. The van der Waals surface area contributed by atoms with Crippen LogP contribution >= 0.6 is 11.6 Å². The molecule has 1 aliphatic heterocycles. The zero-order valence-electron chi connectivity index (χ0n) is 16.3. The molecule has 1 aliphatic rings. The number of benzene rings is 2. The number of hydrogen-bond donors (Lipinski definition) is 1. The fourth-order valence-electron chi connectivity index (χ4n) is 3.97. The lowest BCUT2D eigenvalue weighted by Gasteiger charge is -2.42. The molecule has 156 valence electrons. The van der Waals surface area contributed by atoms with Crippen molar-refractivity contribution in [2.24, 2.45) is 0 Å². The molecule has 3 rings (SSSR count). The molecule has 0 aromatic heterocycles. The summed E-state index contributed by atoms with van der Waals surface area (Å²) in [6, 6.07) is 12.9. The van der Waals surface area contributed by atoms with Crippen LogP contribution in [-0.4, -0.2) is 29.9 Å². The van der Waals surface area contributed by atoms with Crippen molar-refractivity contribution in [3.63, 3.8) is 0 Å². The molecule has 7 heteroatoms. The second kappa shape index (κ2) is 8.76. The maximum absolute atomic E-state index is 13.2. The third-order valence-electron chi connectivity index (χ3n) is 5.72. The maximum atomic E-state index is 13.2. The number of alkyl halides is 3. The minimum absolute atomic E-state index is 0.0367. The van der Waals surface area contributed by atoms with Gasteiger partial charge in [-0.05, 0) is 44.5 Å². The molecule has 2 aromatic rings. The molecule has 1 unspecified atom stereocenters. The molecule has 0 bridgehead atoms. The average Bonchev–Trinajstić information content (AvgIpc) is 2.68. The topological polar surface area (TPSA) is 32.3 Å². The van der Waals surface area contributed by atoms with Crippen LogP contribution in [0.25, 0.3) is 0 Å². The van der Waals surface area contributed by atoms with E-state index in [1.165, 1.54) is 12.1 Å². The normalized spacial score (nSPS) is 21.6. The molecule has 1 saturated heterocycles.